The number of amides is 2. The monoisotopic (exact) mass is 214 g/mol. The number of carbonyl (C=O) groups excluding carboxylic acids is 1. The molecule has 2 amide bonds. The van der Waals surface area contributed by atoms with Crippen LogP contribution in [0.15, 0.2) is 0 Å². The zero-order valence-corrected chi connectivity index (χ0v) is 9.48. The molecule has 0 aliphatic carbocycles. The third kappa shape index (κ3) is 4.05. The Morgan fingerprint density at radius 1 is 1.33 bits per heavy atom. The summed E-state index contributed by atoms with van der Waals surface area (Å²) in [4.78, 5) is 15.1. The number of carbonyl (C=O) groups is 1. The van der Waals surface area contributed by atoms with Crippen molar-refractivity contribution in [2.75, 3.05) is 39.3 Å². The molecule has 0 aromatic rings. The van der Waals surface area contributed by atoms with Crippen LogP contribution in [-0.4, -0.2) is 55.1 Å². The number of hydrogen-bond acceptors (Lipinski definition) is 3. The van der Waals surface area contributed by atoms with Gasteiger partial charge >= 0.3 is 6.03 Å². The van der Waals surface area contributed by atoms with Crippen LogP contribution in [0.25, 0.3) is 0 Å². The van der Waals surface area contributed by atoms with Gasteiger partial charge in [0, 0.05) is 26.2 Å². The standard InChI is InChI=1S/C10H22N4O/c1-9(7-11)8-13-3-2-4-14(6-5-13)10(12)15/h9H,2-8,11H2,1H3,(H2,12,15). The Balaban J connectivity index is 2.35. The lowest BCUT2D eigenvalue weighted by atomic mass is 10.1. The average Bonchev–Trinajstić information content (AvgIpc) is 2.43. The summed E-state index contributed by atoms with van der Waals surface area (Å²) in [6.45, 7) is 7.35. The Labute approximate surface area is 91.4 Å². The van der Waals surface area contributed by atoms with E-state index in [4.69, 9.17) is 11.5 Å². The van der Waals surface area contributed by atoms with Gasteiger partial charge in [-0.25, -0.2) is 4.79 Å². The van der Waals surface area contributed by atoms with Gasteiger partial charge in [-0.1, -0.05) is 6.92 Å². The van der Waals surface area contributed by atoms with Gasteiger partial charge in [0.15, 0.2) is 0 Å². The van der Waals surface area contributed by atoms with Gasteiger partial charge in [0.2, 0.25) is 0 Å². The van der Waals surface area contributed by atoms with E-state index in [-0.39, 0.29) is 6.03 Å². The van der Waals surface area contributed by atoms with Crippen LogP contribution >= 0.6 is 0 Å². The molecule has 0 saturated carbocycles. The van der Waals surface area contributed by atoms with Crippen molar-refractivity contribution in [2.45, 2.75) is 13.3 Å². The van der Waals surface area contributed by atoms with Gasteiger partial charge in [0.1, 0.15) is 0 Å². The largest absolute Gasteiger partial charge is 0.351 e. The normalized spacial score (nSPS) is 21.1. The maximum atomic E-state index is 11.0. The molecule has 0 bridgehead atoms. The molecule has 4 N–H and O–H groups in total. The first-order chi connectivity index (χ1) is 7.13. The number of nitrogens with zero attached hydrogens (tertiary/aromatic N) is 2. The predicted molar refractivity (Wildman–Crippen MR) is 60.4 cm³/mol. The molecule has 5 heteroatoms. The summed E-state index contributed by atoms with van der Waals surface area (Å²) in [7, 11) is 0. The fourth-order valence-corrected chi connectivity index (χ4v) is 1.89. The van der Waals surface area contributed by atoms with Crippen molar-refractivity contribution in [3.8, 4) is 0 Å². The van der Waals surface area contributed by atoms with Crippen molar-refractivity contribution in [3.05, 3.63) is 0 Å². The van der Waals surface area contributed by atoms with Crippen molar-refractivity contribution in [1.29, 1.82) is 0 Å². The Bertz CT molecular complexity index is 210. The van der Waals surface area contributed by atoms with Crippen LogP contribution in [-0.2, 0) is 0 Å². The lowest BCUT2D eigenvalue weighted by molar-refractivity contribution is 0.205. The highest BCUT2D eigenvalue weighted by Gasteiger charge is 2.17. The third-order valence-corrected chi connectivity index (χ3v) is 2.87. The minimum absolute atomic E-state index is 0.302. The Morgan fingerprint density at radius 3 is 2.67 bits per heavy atom. The first-order valence-electron chi connectivity index (χ1n) is 5.60. The maximum Gasteiger partial charge on any atom is 0.314 e. The van der Waals surface area contributed by atoms with Crippen molar-refractivity contribution >= 4 is 6.03 Å². The molecule has 1 aliphatic rings. The van der Waals surface area contributed by atoms with Crippen LogP contribution in [0, 0.1) is 5.92 Å². The Morgan fingerprint density at radius 2 is 2.07 bits per heavy atom. The van der Waals surface area contributed by atoms with E-state index in [1.54, 1.807) is 4.90 Å². The fraction of sp³-hybridized carbons (Fsp3) is 0.900. The molecular formula is C10H22N4O. The highest BCUT2D eigenvalue weighted by molar-refractivity contribution is 5.71. The van der Waals surface area contributed by atoms with Crippen LogP contribution in [0.5, 0.6) is 0 Å². The van der Waals surface area contributed by atoms with E-state index in [0.717, 1.165) is 45.7 Å². The van der Waals surface area contributed by atoms with Crippen LogP contribution in [0.4, 0.5) is 4.79 Å². The van der Waals surface area contributed by atoms with E-state index < -0.39 is 0 Å². The van der Waals surface area contributed by atoms with Crippen LogP contribution < -0.4 is 11.5 Å². The molecule has 1 saturated heterocycles. The molecule has 1 atom stereocenters. The summed E-state index contributed by atoms with van der Waals surface area (Å²) in [5.41, 5.74) is 10.9. The molecule has 1 fully saturated rings. The Hall–Kier alpha value is -0.810. The van der Waals surface area contributed by atoms with Gasteiger partial charge in [-0.15, -0.1) is 0 Å². The summed E-state index contributed by atoms with van der Waals surface area (Å²) in [6.07, 6.45) is 1.00. The molecule has 0 aromatic heterocycles. The van der Waals surface area contributed by atoms with E-state index in [2.05, 4.69) is 11.8 Å². The number of urea groups is 1. The molecule has 5 nitrogen and oxygen atoms in total. The Kier molecular flexibility index (Phi) is 4.84. The molecule has 1 rings (SSSR count). The number of rotatable bonds is 3. The van der Waals surface area contributed by atoms with E-state index >= 15 is 0 Å². The molecule has 88 valence electrons. The highest BCUT2D eigenvalue weighted by Crippen LogP contribution is 2.05. The molecular weight excluding hydrogens is 192 g/mol. The summed E-state index contributed by atoms with van der Waals surface area (Å²) in [5.74, 6) is 0.519. The van der Waals surface area contributed by atoms with Gasteiger partial charge < -0.3 is 21.3 Å². The van der Waals surface area contributed by atoms with E-state index in [9.17, 15) is 4.79 Å². The van der Waals surface area contributed by atoms with Crippen molar-refractivity contribution in [2.24, 2.45) is 17.4 Å². The molecule has 0 spiro atoms. The maximum absolute atomic E-state index is 11.0. The second kappa shape index (κ2) is 5.92. The lowest BCUT2D eigenvalue weighted by Gasteiger charge is -2.23. The van der Waals surface area contributed by atoms with E-state index in [0.29, 0.717) is 5.92 Å². The van der Waals surface area contributed by atoms with Gasteiger partial charge in [-0.3, -0.25) is 0 Å². The molecule has 0 aromatic carbocycles. The van der Waals surface area contributed by atoms with Crippen LogP contribution in [0.3, 0.4) is 0 Å². The number of hydrogen-bond donors (Lipinski definition) is 2. The highest BCUT2D eigenvalue weighted by atomic mass is 16.2. The SMILES string of the molecule is CC(CN)CN1CCCN(C(N)=O)CC1. The number of primary amides is 1. The molecule has 1 aliphatic heterocycles. The quantitative estimate of drug-likeness (QED) is 0.675. The van der Waals surface area contributed by atoms with Gasteiger partial charge in [-0.2, -0.15) is 0 Å². The van der Waals surface area contributed by atoms with E-state index in [1.807, 2.05) is 0 Å². The molecule has 15 heavy (non-hydrogen) atoms. The average molecular weight is 214 g/mol. The minimum atomic E-state index is -0.302. The zero-order chi connectivity index (χ0) is 11.3. The second-order valence-electron chi connectivity index (χ2n) is 4.32. The smallest absolute Gasteiger partial charge is 0.314 e. The van der Waals surface area contributed by atoms with Gasteiger partial charge in [-0.05, 0) is 25.4 Å². The van der Waals surface area contributed by atoms with Crippen LogP contribution in [0.2, 0.25) is 0 Å². The molecule has 0 radical (unpaired) electrons. The predicted octanol–water partition coefficient (Wildman–Crippen LogP) is -0.332. The molecule has 1 heterocycles. The lowest BCUT2D eigenvalue weighted by Crippen LogP contribution is -2.39. The van der Waals surface area contributed by atoms with Crippen LogP contribution in [0.1, 0.15) is 13.3 Å². The summed E-state index contributed by atoms with van der Waals surface area (Å²) < 4.78 is 0. The van der Waals surface area contributed by atoms with Gasteiger partial charge in [0.25, 0.3) is 0 Å². The number of nitrogens with two attached hydrogens (primary N) is 2. The van der Waals surface area contributed by atoms with Crippen molar-refractivity contribution in [1.82, 2.24) is 9.80 Å². The van der Waals surface area contributed by atoms with Crippen molar-refractivity contribution in [3.63, 3.8) is 0 Å². The first kappa shape index (κ1) is 12.3. The fourth-order valence-electron chi connectivity index (χ4n) is 1.89. The topological polar surface area (TPSA) is 75.6 Å². The third-order valence-electron chi connectivity index (χ3n) is 2.87. The minimum Gasteiger partial charge on any atom is -0.351 e. The summed E-state index contributed by atoms with van der Waals surface area (Å²) >= 11 is 0. The van der Waals surface area contributed by atoms with E-state index in [1.165, 1.54) is 0 Å². The molecule has 1 unspecified atom stereocenters. The second-order valence-corrected chi connectivity index (χ2v) is 4.32. The summed E-state index contributed by atoms with van der Waals surface area (Å²) in [5, 5.41) is 0. The zero-order valence-electron chi connectivity index (χ0n) is 9.48. The first-order valence-corrected chi connectivity index (χ1v) is 5.60. The summed E-state index contributed by atoms with van der Waals surface area (Å²) in [6, 6.07) is -0.302. The van der Waals surface area contributed by atoms with Gasteiger partial charge in [0.05, 0.1) is 0 Å². The van der Waals surface area contributed by atoms with Crippen molar-refractivity contribution < 1.29 is 4.79 Å².